The molecule has 0 aromatic rings. The first-order valence-corrected chi connectivity index (χ1v) is 5.70. The molecule has 78 valence electrons. The summed E-state index contributed by atoms with van der Waals surface area (Å²) in [5, 5.41) is 0. The molecule has 0 aliphatic rings. The van der Waals surface area contributed by atoms with E-state index in [-0.39, 0.29) is 11.8 Å². The fraction of sp³-hybridized carbons (Fsp3) is 0.750. The Labute approximate surface area is 80.0 Å². The number of hydrogen-bond donors (Lipinski definition) is 1. The van der Waals surface area contributed by atoms with E-state index >= 15 is 0 Å². The van der Waals surface area contributed by atoms with E-state index in [0.717, 1.165) is 6.42 Å². The zero-order valence-corrected chi connectivity index (χ0v) is 8.92. The Bertz CT molecular complexity index is 246. The highest BCUT2D eigenvalue weighted by Crippen LogP contribution is 2.06. The lowest BCUT2D eigenvalue weighted by Crippen LogP contribution is -2.29. The molecule has 0 bridgehead atoms. The van der Waals surface area contributed by atoms with Gasteiger partial charge in [0.05, 0.1) is 5.75 Å². The maximum absolute atomic E-state index is 10.5. The van der Waals surface area contributed by atoms with Gasteiger partial charge in [-0.3, -0.25) is 4.55 Å². The highest BCUT2D eigenvalue weighted by molar-refractivity contribution is 7.85. The summed E-state index contributed by atoms with van der Waals surface area (Å²) in [7, 11) is -0.0856. The summed E-state index contributed by atoms with van der Waals surface area (Å²) in [5.41, 5.74) is 0. The molecule has 13 heavy (non-hydrogen) atoms. The fourth-order valence-electron chi connectivity index (χ4n) is 1.06. The van der Waals surface area contributed by atoms with Crippen LogP contribution in [0.4, 0.5) is 0 Å². The molecule has 1 atom stereocenters. The van der Waals surface area contributed by atoms with E-state index in [0.29, 0.717) is 6.42 Å². The van der Waals surface area contributed by atoms with Crippen molar-refractivity contribution in [3.05, 3.63) is 12.7 Å². The van der Waals surface area contributed by atoms with E-state index in [1.165, 1.54) is 0 Å². The fourth-order valence-corrected chi connectivity index (χ4v) is 1.63. The average Bonchev–Trinajstić information content (AvgIpc) is 1.95. The first kappa shape index (κ1) is 12.6. The monoisotopic (exact) mass is 207 g/mol. The Hall–Kier alpha value is -0.390. The maximum Gasteiger partial charge on any atom is 0.264 e. The van der Waals surface area contributed by atoms with Crippen LogP contribution in [0.1, 0.15) is 12.8 Å². The third kappa shape index (κ3) is 6.74. The van der Waals surface area contributed by atoms with Gasteiger partial charge in [-0.1, -0.05) is 6.08 Å². The molecule has 1 N–H and O–H groups in total. The average molecular weight is 207 g/mol. The number of nitrogens with zero attached hydrogens (tertiary/aromatic N) is 1. The molecule has 0 rings (SSSR count). The first-order valence-electron chi connectivity index (χ1n) is 4.09. The van der Waals surface area contributed by atoms with Gasteiger partial charge < -0.3 is 4.90 Å². The molecule has 0 heterocycles. The van der Waals surface area contributed by atoms with Crippen LogP contribution in [0.5, 0.6) is 0 Å². The van der Waals surface area contributed by atoms with Crippen LogP contribution in [0.15, 0.2) is 12.7 Å². The van der Waals surface area contributed by atoms with Crippen molar-refractivity contribution < 1.29 is 13.0 Å². The first-order chi connectivity index (χ1) is 5.87. The molecule has 5 heteroatoms. The van der Waals surface area contributed by atoms with E-state index in [9.17, 15) is 8.42 Å². The second-order valence-corrected chi connectivity index (χ2v) is 4.79. The minimum Gasteiger partial charge on any atom is -0.306 e. The van der Waals surface area contributed by atoms with E-state index in [4.69, 9.17) is 4.55 Å². The van der Waals surface area contributed by atoms with Gasteiger partial charge in [0.15, 0.2) is 0 Å². The molecule has 0 spiro atoms. The van der Waals surface area contributed by atoms with Crippen LogP contribution in [-0.2, 0) is 10.1 Å². The van der Waals surface area contributed by atoms with Gasteiger partial charge in [0.25, 0.3) is 10.1 Å². The van der Waals surface area contributed by atoms with Crippen molar-refractivity contribution in [3.63, 3.8) is 0 Å². The summed E-state index contributed by atoms with van der Waals surface area (Å²) >= 11 is 0. The highest BCUT2D eigenvalue weighted by Gasteiger charge is 2.13. The lowest BCUT2D eigenvalue weighted by atomic mass is 10.1. The van der Waals surface area contributed by atoms with E-state index in [1.807, 2.05) is 19.0 Å². The predicted molar refractivity (Wildman–Crippen MR) is 53.3 cm³/mol. The Morgan fingerprint density at radius 2 is 2.08 bits per heavy atom. The van der Waals surface area contributed by atoms with Crippen molar-refractivity contribution in [2.24, 2.45) is 0 Å². The lowest BCUT2D eigenvalue weighted by molar-refractivity contribution is 0.287. The molecular formula is C8H17NO3S. The van der Waals surface area contributed by atoms with E-state index < -0.39 is 10.1 Å². The summed E-state index contributed by atoms with van der Waals surface area (Å²) in [6.07, 6.45) is 2.90. The summed E-state index contributed by atoms with van der Waals surface area (Å²) in [6, 6.07) is 0.124. The summed E-state index contributed by atoms with van der Waals surface area (Å²) in [4.78, 5) is 1.92. The largest absolute Gasteiger partial charge is 0.306 e. The molecule has 0 saturated carbocycles. The zero-order valence-electron chi connectivity index (χ0n) is 8.10. The van der Waals surface area contributed by atoms with Crippen molar-refractivity contribution in [2.75, 3.05) is 19.8 Å². The van der Waals surface area contributed by atoms with Crippen LogP contribution in [0.25, 0.3) is 0 Å². The van der Waals surface area contributed by atoms with Crippen molar-refractivity contribution in [2.45, 2.75) is 18.9 Å². The molecule has 1 unspecified atom stereocenters. The summed E-state index contributed by atoms with van der Waals surface area (Å²) in [6.45, 7) is 3.59. The third-order valence-electron chi connectivity index (χ3n) is 1.88. The Balaban J connectivity index is 4.04. The van der Waals surface area contributed by atoms with Gasteiger partial charge in [-0.25, -0.2) is 0 Å². The molecule has 0 radical (unpaired) electrons. The zero-order chi connectivity index (χ0) is 10.5. The molecule has 0 aromatic heterocycles. The second kappa shape index (κ2) is 5.36. The second-order valence-electron chi connectivity index (χ2n) is 3.22. The normalized spacial score (nSPS) is 14.5. The third-order valence-corrected chi connectivity index (χ3v) is 2.63. The van der Waals surface area contributed by atoms with E-state index in [2.05, 4.69) is 6.58 Å². The molecule has 0 fully saturated rings. The van der Waals surface area contributed by atoms with Crippen molar-refractivity contribution in [3.8, 4) is 0 Å². The van der Waals surface area contributed by atoms with Crippen LogP contribution in [0.2, 0.25) is 0 Å². The molecule has 0 aliphatic carbocycles. The van der Waals surface area contributed by atoms with Gasteiger partial charge in [0.1, 0.15) is 0 Å². The van der Waals surface area contributed by atoms with Crippen LogP contribution in [-0.4, -0.2) is 43.8 Å². The van der Waals surface area contributed by atoms with Crippen molar-refractivity contribution >= 4 is 10.1 Å². The molecule has 0 aliphatic heterocycles. The Morgan fingerprint density at radius 3 is 2.38 bits per heavy atom. The van der Waals surface area contributed by atoms with Crippen LogP contribution >= 0.6 is 0 Å². The predicted octanol–water partition coefficient (Wildman–Crippen LogP) is 0.771. The maximum atomic E-state index is 10.5. The number of hydrogen-bond acceptors (Lipinski definition) is 3. The Kier molecular flexibility index (Phi) is 5.20. The molecule has 0 amide bonds. The van der Waals surface area contributed by atoms with E-state index in [1.54, 1.807) is 6.08 Å². The van der Waals surface area contributed by atoms with Gasteiger partial charge in [-0.15, -0.1) is 6.58 Å². The molecule has 4 nitrogen and oxygen atoms in total. The van der Waals surface area contributed by atoms with Gasteiger partial charge >= 0.3 is 0 Å². The standard InChI is InChI=1S/C8H17NO3S/c1-4-5-8(9(2)3)6-7-13(10,11)12/h4,8H,1,5-7H2,2-3H3,(H,10,11,12). The highest BCUT2D eigenvalue weighted by atomic mass is 32.2. The lowest BCUT2D eigenvalue weighted by Gasteiger charge is -2.22. The van der Waals surface area contributed by atoms with Crippen LogP contribution in [0, 0.1) is 0 Å². The minimum atomic E-state index is -3.83. The van der Waals surface area contributed by atoms with Crippen molar-refractivity contribution in [1.82, 2.24) is 4.90 Å². The topological polar surface area (TPSA) is 57.6 Å². The van der Waals surface area contributed by atoms with Crippen LogP contribution in [0.3, 0.4) is 0 Å². The summed E-state index contributed by atoms with van der Waals surface area (Å²) in [5.74, 6) is -0.191. The molecule has 0 saturated heterocycles. The molecular weight excluding hydrogens is 190 g/mol. The van der Waals surface area contributed by atoms with Gasteiger partial charge in [0, 0.05) is 6.04 Å². The summed E-state index contributed by atoms with van der Waals surface area (Å²) < 4.78 is 29.5. The minimum absolute atomic E-state index is 0.124. The van der Waals surface area contributed by atoms with Gasteiger partial charge in [-0.2, -0.15) is 8.42 Å². The smallest absolute Gasteiger partial charge is 0.264 e. The van der Waals surface area contributed by atoms with Gasteiger partial charge in [0.2, 0.25) is 0 Å². The van der Waals surface area contributed by atoms with Gasteiger partial charge in [-0.05, 0) is 26.9 Å². The quantitative estimate of drug-likeness (QED) is 0.516. The Morgan fingerprint density at radius 1 is 1.54 bits per heavy atom. The van der Waals surface area contributed by atoms with Crippen LogP contribution < -0.4 is 0 Å². The number of rotatable bonds is 6. The molecule has 0 aromatic carbocycles. The van der Waals surface area contributed by atoms with Crippen molar-refractivity contribution in [1.29, 1.82) is 0 Å². The SMILES string of the molecule is C=CCC(CCS(=O)(=O)O)N(C)C.